The second-order valence-corrected chi connectivity index (χ2v) is 12.4. The van der Waals surface area contributed by atoms with Crippen LogP contribution in [-0.2, 0) is 28.9 Å². The van der Waals surface area contributed by atoms with Crippen molar-refractivity contribution in [3.63, 3.8) is 0 Å². The second-order valence-electron chi connectivity index (χ2n) is 11.6. The molecule has 2 N–H and O–H groups in total. The van der Waals surface area contributed by atoms with Gasteiger partial charge in [0.1, 0.15) is 17.5 Å². The van der Waals surface area contributed by atoms with Gasteiger partial charge in [-0.3, -0.25) is 4.79 Å². The summed E-state index contributed by atoms with van der Waals surface area (Å²) in [5.41, 5.74) is 2.96. The van der Waals surface area contributed by atoms with Gasteiger partial charge in [0.15, 0.2) is 0 Å². The first-order chi connectivity index (χ1) is 20.5. The Morgan fingerprint density at radius 3 is 2.28 bits per heavy atom. The van der Waals surface area contributed by atoms with Gasteiger partial charge in [-0.05, 0) is 69.1 Å². The first-order valence-corrected chi connectivity index (χ1v) is 15.2. The van der Waals surface area contributed by atoms with Gasteiger partial charge in [0, 0.05) is 60.4 Å². The Morgan fingerprint density at radius 2 is 1.60 bits per heavy atom. The van der Waals surface area contributed by atoms with Crippen molar-refractivity contribution in [2.45, 2.75) is 51.8 Å². The molecular weight excluding hydrogens is 590 g/mol. The van der Waals surface area contributed by atoms with Gasteiger partial charge in [0.25, 0.3) is 0 Å². The largest absolute Gasteiger partial charge is 0.444 e. The monoisotopic (exact) mass is 628 g/mol. The fourth-order valence-corrected chi connectivity index (χ4v) is 5.55. The van der Waals surface area contributed by atoms with E-state index >= 15 is 0 Å². The van der Waals surface area contributed by atoms with Gasteiger partial charge in [0.05, 0.1) is 0 Å². The molecule has 1 aliphatic heterocycles. The van der Waals surface area contributed by atoms with Gasteiger partial charge in [-0.15, -0.1) is 0 Å². The lowest BCUT2D eigenvalue weighted by Crippen LogP contribution is -2.56. The maximum absolute atomic E-state index is 13.9. The molecule has 0 aromatic heterocycles. The Morgan fingerprint density at radius 1 is 0.930 bits per heavy atom. The van der Waals surface area contributed by atoms with Gasteiger partial charge in [-0.2, -0.15) is 0 Å². The smallest absolute Gasteiger partial charge is 0.408 e. The van der Waals surface area contributed by atoms with Crippen LogP contribution in [0.5, 0.6) is 0 Å². The zero-order chi connectivity index (χ0) is 31.0. The minimum absolute atomic E-state index is 0.192. The van der Waals surface area contributed by atoms with Crippen molar-refractivity contribution >= 4 is 40.9 Å². The minimum Gasteiger partial charge on any atom is -0.444 e. The maximum Gasteiger partial charge on any atom is 0.408 e. The van der Waals surface area contributed by atoms with Crippen LogP contribution in [0.15, 0.2) is 66.7 Å². The van der Waals surface area contributed by atoms with Crippen LogP contribution in [0.1, 0.15) is 37.5 Å². The first-order valence-electron chi connectivity index (χ1n) is 14.5. The number of piperazine rings is 1. The molecule has 0 spiro atoms. The highest BCUT2D eigenvalue weighted by molar-refractivity contribution is 6.35. The van der Waals surface area contributed by atoms with Crippen molar-refractivity contribution in [3.05, 3.63) is 99.3 Å². The van der Waals surface area contributed by atoms with Crippen LogP contribution in [0.3, 0.4) is 0 Å². The average Bonchev–Trinajstić information content (AvgIpc) is 2.96. The highest BCUT2D eigenvalue weighted by Crippen LogP contribution is 2.25. The summed E-state index contributed by atoms with van der Waals surface area (Å²) in [7, 11) is 0. The summed E-state index contributed by atoms with van der Waals surface area (Å²) >= 11 is 12.5. The molecule has 0 unspecified atom stereocenters. The van der Waals surface area contributed by atoms with Gasteiger partial charge in [0.2, 0.25) is 5.91 Å². The van der Waals surface area contributed by atoms with E-state index in [9.17, 15) is 14.0 Å². The van der Waals surface area contributed by atoms with E-state index in [2.05, 4.69) is 27.7 Å². The number of benzene rings is 3. The van der Waals surface area contributed by atoms with Crippen LogP contribution in [0, 0.1) is 5.82 Å². The predicted molar refractivity (Wildman–Crippen MR) is 170 cm³/mol. The zero-order valence-electron chi connectivity index (χ0n) is 24.8. The molecule has 43 heavy (non-hydrogen) atoms. The van der Waals surface area contributed by atoms with Crippen LogP contribution < -0.4 is 15.5 Å². The quantitative estimate of drug-likeness (QED) is 0.260. The van der Waals surface area contributed by atoms with E-state index in [0.717, 1.165) is 12.1 Å². The Kier molecular flexibility index (Phi) is 11.3. The summed E-state index contributed by atoms with van der Waals surface area (Å²) in [6.07, 6.45) is 0.331. The number of ether oxygens (including phenoxy) is 1. The standard InChI is InChI=1S/C33H39Cl2FN4O3/c1-33(2,3)43-32(42)38-29(20-24-12-13-26(34)21-27(24)35)31(41)40-18-16-39(17-19-40)30-11-7-5-8-23(30)14-15-37-22-25-9-4-6-10-28(25)36/h4-13,21,29,37H,14-20,22H2,1-3H3,(H,38,42)/t29-/m1/s1. The van der Waals surface area contributed by atoms with Crippen molar-refractivity contribution in [1.82, 2.24) is 15.5 Å². The highest BCUT2D eigenvalue weighted by Gasteiger charge is 2.31. The number of para-hydroxylation sites is 1. The third-order valence-corrected chi connectivity index (χ3v) is 7.78. The lowest BCUT2D eigenvalue weighted by Gasteiger charge is -2.38. The minimum atomic E-state index is -0.854. The van der Waals surface area contributed by atoms with E-state index in [1.807, 2.05) is 18.2 Å². The van der Waals surface area contributed by atoms with E-state index in [1.165, 1.54) is 11.6 Å². The van der Waals surface area contributed by atoms with Gasteiger partial charge >= 0.3 is 6.09 Å². The predicted octanol–water partition coefficient (Wildman–Crippen LogP) is 6.25. The summed E-state index contributed by atoms with van der Waals surface area (Å²) in [5, 5.41) is 7.03. The molecule has 0 radical (unpaired) electrons. The van der Waals surface area contributed by atoms with Crippen LogP contribution in [0.2, 0.25) is 10.0 Å². The third kappa shape index (κ3) is 9.58. The Bertz CT molecular complexity index is 1410. The number of nitrogens with one attached hydrogen (secondary N) is 2. The number of halogens is 3. The van der Waals surface area contributed by atoms with Gasteiger partial charge in [-0.25, -0.2) is 9.18 Å². The van der Waals surface area contributed by atoms with Crippen molar-refractivity contribution in [2.75, 3.05) is 37.6 Å². The molecule has 0 bridgehead atoms. The number of carbonyl (C=O) groups excluding carboxylic acids is 2. The van der Waals surface area contributed by atoms with E-state index in [0.29, 0.717) is 60.4 Å². The summed E-state index contributed by atoms with van der Waals surface area (Å²) < 4.78 is 19.4. The van der Waals surface area contributed by atoms with Crippen LogP contribution >= 0.6 is 23.2 Å². The summed E-state index contributed by atoms with van der Waals surface area (Å²) in [6, 6.07) is 19.3. The topological polar surface area (TPSA) is 73.9 Å². The number of hydrogen-bond donors (Lipinski definition) is 2. The molecule has 3 aromatic carbocycles. The molecule has 1 fully saturated rings. The molecule has 1 aliphatic rings. The molecular formula is C33H39Cl2FN4O3. The summed E-state index contributed by atoms with van der Waals surface area (Å²) in [4.78, 5) is 30.5. The molecule has 2 amide bonds. The number of alkyl carbamates (subject to hydrolysis) is 1. The number of carbonyl (C=O) groups is 2. The van der Waals surface area contributed by atoms with Crippen molar-refractivity contribution in [2.24, 2.45) is 0 Å². The Labute approximate surface area is 263 Å². The number of nitrogens with zero attached hydrogens (tertiary/aromatic N) is 2. The molecule has 230 valence electrons. The Hall–Kier alpha value is -3.33. The zero-order valence-corrected chi connectivity index (χ0v) is 26.3. The summed E-state index contributed by atoms with van der Waals surface area (Å²) in [5.74, 6) is -0.398. The highest BCUT2D eigenvalue weighted by atomic mass is 35.5. The fourth-order valence-electron chi connectivity index (χ4n) is 5.06. The lowest BCUT2D eigenvalue weighted by atomic mass is 10.0. The number of amides is 2. The second kappa shape index (κ2) is 14.9. The molecule has 3 aromatic rings. The Balaban J connectivity index is 1.38. The van der Waals surface area contributed by atoms with Gasteiger partial charge < -0.3 is 25.2 Å². The van der Waals surface area contributed by atoms with Crippen LogP contribution in [0.4, 0.5) is 14.9 Å². The SMILES string of the molecule is CC(C)(C)OC(=O)N[C@H](Cc1ccc(Cl)cc1Cl)C(=O)N1CCN(c2ccccc2CCNCc2ccccc2F)CC1. The van der Waals surface area contributed by atoms with E-state index < -0.39 is 17.7 Å². The molecule has 0 aliphatic carbocycles. The van der Waals surface area contributed by atoms with Crippen molar-refractivity contribution in [1.29, 1.82) is 0 Å². The molecule has 1 atom stereocenters. The van der Waals surface area contributed by atoms with Crippen LogP contribution in [0.25, 0.3) is 0 Å². The van der Waals surface area contributed by atoms with Crippen molar-refractivity contribution < 1.29 is 18.7 Å². The molecule has 7 nitrogen and oxygen atoms in total. The maximum atomic E-state index is 13.9. The van der Waals surface area contributed by atoms with E-state index in [1.54, 1.807) is 56.0 Å². The molecule has 1 saturated heterocycles. The average molecular weight is 630 g/mol. The molecule has 10 heteroatoms. The van der Waals surface area contributed by atoms with Crippen molar-refractivity contribution in [3.8, 4) is 0 Å². The number of hydrogen-bond acceptors (Lipinski definition) is 5. The van der Waals surface area contributed by atoms with Gasteiger partial charge in [-0.1, -0.05) is 65.7 Å². The molecule has 4 rings (SSSR count). The molecule has 0 saturated carbocycles. The number of anilines is 1. The van der Waals surface area contributed by atoms with E-state index in [-0.39, 0.29) is 18.1 Å². The fraction of sp³-hybridized carbons (Fsp3) is 0.394. The lowest BCUT2D eigenvalue weighted by molar-refractivity contribution is -0.133. The third-order valence-electron chi connectivity index (χ3n) is 7.20. The van der Waals surface area contributed by atoms with E-state index in [4.69, 9.17) is 27.9 Å². The normalized spacial score (nSPS) is 14.4. The first kappa shape index (κ1) is 32.6. The number of rotatable bonds is 10. The molecule has 1 heterocycles. The van der Waals surface area contributed by atoms with Crippen LogP contribution in [-0.4, -0.2) is 61.3 Å². The summed E-state index contributed by atoms with van der Waals surface area (Å²) in [6.45, 7) is 8.78.